The van der Waals surface area contributed by atoms with E-state index in [9.17, 15) is 0 Å². The van der Waals surface area contributed by atoms with Crippen LogP contribution in [0.4, 0.5) is 0 Å². The normalized spacial score (nSPS) is 16.4. The van der Waals surface area contributed by atoms with E-state index in [4.69, 9.17) is 15.7 Å². The minimum absolute atomic E-state index is 0.145. The van der Waals surface area contributed by atoms with Crippen molar-refractivity contribution >= 4 is 11.6 Å². The van der Waals surface area contributed by atoms with Gasteiger partial charge < -0.3 is 0 Å². The SMILES string of the molecule is [2H]C([2H])([2H])c1nccc(Cl)n1. The molecule has 8 heavy (non-hydrogen) atoms. The lowest BCUT2D eigenvalue weighted by atomic mass is 10.6. The molecule has 0 N–H and O–H groups in total. The Morgan fingerprint density at radius 1 is 1.88 bits per heavy atom. The molecule has 42 valence electrons. The van der Waals surface area contributed by atoms with Crippen molar-refractivity contribution in [3.63, 3.8) is 0 Å². The average Bonchev–Trinajstić information content (AvgIpc) is 1.86. The van der Waals surface area contributed by atoms with Crippen molar-refractivity contribution in [2.75, 3.05) is 0 Å². The van der Waals surface area contributed by atoms with Gasteiger partial charge in [0.1, 0.15) is 11.0 Å². The summed E-state index contributed by atoms with van der Waals surface area (Å²) in [5.41, 5.74) is 0. The van der Waals surface area contributed by atoms with Crippen molar-refractivity contribution in [2.45, 2.75) is 6.85 Å². The predicted molar refractivity (Wildman–Crippen MR) is 31.8 cm³/mol. The summed E-state index contributed by atoms with van der Waals surface area (Å²) in [6.07, 6.45) is 1.32. The standard InChI is InChI=1S/C5H5ClN2/c1-4-7-3-2-5(6)8-4/h2-3H,1H3/i1D3. The Morgan fingerprint density at radius 2 is 2.75 bits per heavy atom. The van der Waals surface area contributed by atoms with Crippen LogP contribution in [0.15, 0.2) is 12.3 Å². The molecular formula is C5H5ClN2. The molecule has 3 heteroatoms. The summed E-state index contributed by atoms with van der Waals surface area (Å²) >= 11 is 5.45. The summed E-state index contributed by atoms with van der Waals surface area (Å²) in [6.45, 7) is -2.27. The molecule has 1 aromatic rings. The highest BCUT2D eigenvalue weighted by Crippen LogP contribution is 1.99. The molecule has 0 fully saturated rings. The fraction of sp³-hybridized carbons (Fsp3) is 0.200. The lowest BCUT2D eigenvalue weighted by Gasteiger charge is -1.87. The van der Waals surface area contributed by atoms with Crippen LogP contribution in [-0.4, -0.2) is 9.97 Å². The van der Waals surface area contributed by atoms with Gasteiger partial charge in [0.15, 0.2) is 0 Å². The number of hydrogen-bond donors (Lipinski definition) is 0. The summed E-state index contributed by atoms with van der Waals surface area (Å²) < 4.78 is 20.8. The molecule has 1 rings (SSSR count). The van der Waals surface area contributed by atoms with Crippen molar-refractivity contribution in [2.24, 2.45) is 0 Å². The van der Waals surface area contributed by atoms with Crippen LogP contribution in [0, 0.1) is 6.85 Å². The highest BCUT2D eigenvalue weighted by atomic mass is 35.5. The third kappa shape index (κ3) is 1.17. The monoisotopic (exact) mass is 131 g/mol. The highest BCUT2D eigenvalue weighted by Gasteiger charge is 1.85. The second-order valence-electron chi connectivity index (χ2n) is 1.20. The van der Waals surface area contributed by atoms with Gasteiger partial charge in [-0.2, -0.15) is 0 Å². The maximum absolute atomic E-state index is 6.92. The van der Waals surface area contributed by atoms with Crippen LogP contribution in [0.1, 0.15) is 9.94 Å². The van der Waals surface area contributed by atoms with Crippen LogP contribution in [0.25, 0.3) is 0 Å². The lowest BCUT2D eigenvalue weighted by Crippen LogP contribution is -1.83. The first-order chi connectivity index (χ1) is 5.00. The van der Waals surface area contributed by atoms with E-state index >= 15 is 0 Å². The molecule has 0 bridgehead atoms. The Balaban J connectivity index is 3.06. The molecule has 0 unspecified atom stereocenters. The molecule has 0 saturated heterocycles. The van der Waals surface area contributed by atoms with Crippen molar-refractivity contribution in [3.8, 4) is 0 Å². The fourth-order valence-electron chi connectivity index (χ4n) is 0.337. The van der Waals surface area contributed by atoms with Gasteiger partial charge in [0.05, 0.1) is 0 Å². The van der Waals surface area contributed by atoms with Gasteiger partial charge >= 0.3 is 0 Å². The van der Waals surface area contributed by atoms with Crippen molar-refractivity contribution < 1.29 is 4.11 Å². The summed E-state index contributed by atoms with van der Waals surface area (Å²) in [6, 6.07) is 1.43. The van der Waals surface area contributed by atoms with E-state index in [0.29, 0.717) is 0 Å². The Morgan fingerprint density at radius 3 is 3.25 bits per heavy atom. The molecule has 0 atom stereocenters. The highest BCUT2D eigenvalue weighted by molar-refractivity contribution is 6.29. The molecule has 0 aromatic carbocycles. The van der Waals surface area contributed by atoms with Gasteiger partial charge in [-0.05, 0) is 12.9 Å². The van der Waals surface area contributed by atoms with E-state index < -0.39 is 6.85 Å². The maximum atomic E-state index is 6.92. The molecule has 0 radical (unpaired) electrons. The first-order valence-electron chi connectivity index (χ1n) is 3.49. The van der Waals surface area contributed by atoms with Gasteiger partial charge in [0, 0.05) is 10.3 Å². The molecule has 0 aliphatic carbocycles. The number of aryl methyl sites for hydroxylation is 1. The van der Waals surface area contributed by atoms with Crippen LogP contribution in [-0.2, 0) is 0 Å². The second kappa shape index (κ2) is 2.09. The van der Waals surface area contributed by atoms with Crippen LogP contribution >= 0.6 is 11.6 Å². The zero-order valence-corrected chi connectivity index (χ0v) is 4.68. The van der Waals surface area contributed by atoms with Crippen molar-refractivity contribution in [1.82, 2.24) is 9.97 Å². The Hall–Kier alpha value is -0.630. The topological polar surface area (TPSA) is 25.8 Å². The van der Waals surface area contributed by atoms with Gasteiger partial charge in [-0.3, -0.25) is 0 Å². The molecule has 0 spiro atoms. The summed E-state index contributed by atoms with van der Waals surface area (Å²) in [4.78, 5) is 7.09. The predicted octanol–water partition coefficient (Wildman–Crippen LogP) is 1.44. The third-order valence-corrected chi connectivity index (χ3v) is 0.832. The molecule has 1 heterocycles. The molecule has 0 aliphatic heterocycles. The van der Waals surface area contributed by atoms with Crippen molar-refractivity contribution in [1.29, 1.82) is 0 Å². The van der Waals surface area contributed by atoms with Gasteiger partial charge in [-0.1, -0.05) is 11.6 Å². The smallest absolute Gasteiger partial charge is 0.132 e. The zero-order chi connectivity index (χ0) is 8.48. The Kier molecular flexibility index (Phi) is 0.727. The summed E-state index contributed by atoms with van der Waals surface area (Å²) in [5, 5.41) is 0.145. The Labute approximate surface area is 56.8 Å². The van der Waals surface area contributed by atoms with Crippen molar-refractivity contribution in [3.05, 3.63) is 23.2 Å². The van der Waals surface area contributed by atoms with E-state index in [0.717, 1.165) is 0 Å². The van der Waals surface area contributed by atoms with Crippen LogP contribution in [0.3, 0.4) is 0 Å². The van der Waals surface area contributed by atoms with E-state index in [-0.39, 0.29) is 11.0 Å². The molecular weight excluding hydrogens is 124 g/mol. The number of hydrogen-bond acceptors (Lipinski definition) is 2. The molecule has 0 amide bonds. The first kappa shape index (κ1) is 2.78. The van der Waals surface area contributed by atoms with E-state index in [1.54, 1.807) is 0 Å². The van der Waals surface area contributed by atoms with Gasteiger partial charge in [-0.25, -0.2) is 9.97 Å². The molecule has 0 aliphatic rings. The first-order valence-corrected chi connectivity index (χ1v) is 2.37. The van der Waals surface area contributed by atoms with E-state index in [2.05, 4.69) is 9.97 Å². The number of nitrogens with zero attached hydrogens (tertiary/aromatic N) is 2. The number of aromatic nitrogens is 2. The lowest BCUT2D eigenvalue weighted by molar-refractivity contribution is 1.05. The summed E-state index contributed by atoms with van der Waals surface area (Å²) in [5.74, 6) is -0.218. The third-order valence-electron chi connectivity index (χ3n) is 0.622. The largest absolute Gasteiger partial charge is 0.242 e. The molecule has 0 saturated carbocycles. The van der Waals surface area contributed by atoms with Gasteiger partial charge in [-0.15, -0.1) is 0 Å². The van der Waals surface area contributed by atoms with Gasteiger partial charge in [0.2, 0.25) is 0 Å². The Bertz CT molecular complexity index is 260. The number of halogens is 1. The van der Waals surface area contributed by atoms with E-state index in [1.165, 1.54) is 12.3 Å². The van der Waals surface area contributed by atoms with Gasteiger partial charge in [0.25, 0.3) is 0 Å². The average molecular weight is 132 g/mol. The minimum Gasteiger partial charge on any atom is -0.242 e. The molecule has 2 nitrogen and oxygen atoms in total. The number of rotatable bonds is 0. The van der Waals surface area contributed by atoms with Crippen LogP contribution in [0.5, 0.6) is 0 Å². The zero-order valence-electron chi connectivity index (χ0n) is 6.93. The maximum Gasteiger partial charge on any atom is 0.132 e. The fourth-order valence-corrected chi connectivity index (χ4v) is 0.473. The van der Waals surface area contributed by atoms with Crippen LogP contribution in [0.2, 0.25) is 5.15 Å². The van der Waals surface area contributed by atoms with Crippen LogP contribution < -0.4 is 0 Å². The quantitative estimate of drug-likeness (QED) is 0.498. The van der Waals surface area contributed by atoms with E-state index in [1.807, 2.05) is 0 Å². The molecule has 1 aromatic heterocycles. The summed E-state index contributed by atoms with van der Waals surface area (Å²) in [7, 11) is 0. The second-order valence-corrected chi connectivity index (χ2v) is 1.59. The minimum atomic E-state index is -2.27.